The summed E-state index contributed by atoms with van der Waals surface area (Å²) in [6.45, 7) is 4.39. The topological polar surface area (TPSA) is 38.0 Å². The van der Waals surface area contributed by atoms with Crippen LogP contribution in [-0.4, -0.2) is 0 Å². The highest BCUT2D eigenvalue weighted by molar-refractivity contribution is 9.10. The highest BCUT2D eigenvalue weighted by Gasteiger charge is 2.11. The van der Waals surface area contributed by atoms with Crippen LogP contribution in [0.25, 0.3) is 0 Å². The first kappa shape index (κ1) is 15.7. The van der Waals surface area contributed by atoms with E-state index in [1.807, 2.05) is 0 Å². The number of nitrogens with two attached hydrogens (primary N) is 1. The molecule has 0 saturated carbocycles. The summed E-state index contributed by atoms with van der Waals surface area (Å²) in [7, 11) is 0. The van der Waals surface area contributed by atoms with Crippen LogP contribution in [0.3, 0.4) is 0 Å². The van der Waals surface area contributed by atoms with Crippen molar-refractivity contribution >= 4 is 15.9 Å². The summed E-state index contributed by atoms with van der Waals surface area (Å²) >= 11 is 3.50. The first-order chi connectivity index (χ1) is 8.69. The fraction of sp³-hybridized carbons (Fsp3) is 0.600. The van der Waals surface area contributed by atoms with Crippen molar-refractivity contribution in [2.45, 2.75) is 58.4 Å². The summed E-state index contributed by atoms with van der Waals surface area (Å²) in [6.07, 6.45) is 7.64. The lowest BCUT2D eigenvalue weighted by Gasteiger charge is -2.18. The van der Waals surface area contributed by atoms with Crippen LogP contribution >= 0.6 is 15.9 Å². The Morgan fingerprint density at radius 3 is 2.56 bits per heavy atom. The van der Waals surface area contributed by atoms with Crippen molar-refractivity contribution < 1.29 is 0 Å². The van der Waals surface area contributed by atoms with Crippen molar-refractivity contribution in [3.63, 3.8) is 0 Å². The molecule has 18 heavy (non-hydrogen) atoms. The molecule has 1 rings (SSSR count). The summed E-state index contributed by atoms with van der Waals surface area (Å²) < 4.78 is 1.13. The molecule has 0 bridgehead atoms. The molecule has 0 aliphatic rings. The number of nitrogens with one attached hydrogen (secondary N) is 1. The SMILES string of the molecule is CCCCCCCC(NN)c1ccc(Br)cc1C. The molecule has 0 fully saturated rings. The average molecular weight is 313 g/mol. The molecule has 2 nitrogen and oxygen atoms in total. The Kier molecular flexibility index (Phi) is 7.56. The molecule has 1 aromatic carbocycles. The average Bonchev–Trinajstić information content (AvgIpc) is 2.35. The van der Waals surface area contributed by atoms with Crippen LogP contribution in [-0.2, 0) is 0 Å². The maximum Gasteiger partial charge on any atom is 0.0462 e. The van der Waals surface area contributed by atoms with Gasteiger partial charge in [0, 0.05) is 10.5 Å². The highest BCUT2D eigenvalue weighted by atomic mass is 79.9. The summed E-state index contributed by atoms with van der Waals surface area (Å²) in [5, 5.41) is 0. The Morgan fingerprint density at radius 1 is 1.22 bits per heavy atom. The van der Waals surface area contributed by atoms with Crippen molar-refractivity contribution in [3.8, 4) is 0 Å². The molecule has 3 heteroatoms. The van der Waals surface area contributed by atoms with Gasteiger partial charge in [-0.05, 0) is 36.6 Å². The molecular weight excluding hydrogens is 288 g/mol. The summed E-state index contributed by atoms with van der Waals surface area (Å²) in [5.74, 6) is 5.69. The quantitative estimate of drug-likeness (QED) is 0.417. The zero-order chi connectivity index (χ0) is 13.4. The van der Waals surface area contributed by atoms with Crippen LogP contribution in [0.2, 0.25) is 0 Å². The van der Waals surface area contributed by atoms with Crippen molar-refractivity contribution in [1.82, 2.24) is 5.43 Å². The lowest BCUT2D eigenvalue weighted by Crippen LogP contribution is -2.28. The maximum atomic E-state index is 5.69. The number of benzene rings is 1. The molecule has 0 aliphatic heterocycles. The number of hydrazine groups is 1. The lowest BCUT2D eigenvalue weighted by atomic mass is 9.97. The normalized spacial score (nSPS) is 12.7. The number of rotatable bonds is 8. The van der Waals surface area contributed by atoms with Gasteiger partial charge in [-0.2, -0.15) is 0 Å². The molecule has 1 unspecified atom stereocenters. The summed E-state index contributed by atoms with van der Waals surface area (Å²) in [4.78, 5) is 0. The molecule has 0 amide bonds. The fourth-order valence-electron chi connectivity index (χ4n) is 2.31. The van der Waals surface area contributed by atoms with Crippen LogP contribution < -0.4 is 11.3 Å². The molecule has 0 radical (unpaired) electrons. The van der Waals surface area contributed by atoms with Gasteiger partial charge in [0.15, 0.2) is 0 Å². The van der Waals surface area contributed by atoms with Gasteiger partial charge in [-0.3, -0.25) is 11.3 Å². The van der Waals surface area contributed by atoms with Crippen molar-refractivity contribution in [2.75, 3.05) is 0 Å². The Labute approximate surface area is 119 Å². The first-order valence-corrected chi connectivity index (χ1v) is 7.70. The Hall–Kier alpha value is -0.380. The van der Waals surface area contributed by atoms with Crippen LogP contribution in [0.15, 0.2) is 22.7 Å². The minimum absolute atomic E-state index is 0.278. The monoisotopic (exact) mass is 312 g/mol. The summed E-state index contributed by atoms with van der Waals surface area (Å²) in [5.41, 5.74) is 5.56. The van der Waals surface area contributed by atoms with Gasteiger partial charge < -0.3 is 0 Å². The molecule has 0 saturated heterocycles. The number of hydrogen-bond acceptors (Lipinski definition) is 2. The Balaban J connectivity index is 2.49. The minimum atomic E-state index is 0.278. The molecule has 0 aromatic heterocycles. The number of aryl methyl sites for hydroxylation is 1. The second-order valence-electron chi connectivity index (χ2n) is 4.92. The molecule has 0 aliphatic carbocycles. The predicted octanol–water partition coefficient (Wildman–Crippen LogP) is 4.62. The number of unbranched alkanes of at least 4 members (excludes halogenated alkanes) is 4. The van der Waals surface area contributed by atoms with Gasteiger partial charge in [0.05, 0.1) is 0 Å². The summed E-state index contributed by atoms with van der Waals surface area (Å²) in [6, 6.07) is 6.68. The molecule has 0 spiro atoms. The van der Waals surface area contributed by atoms with Crippen molar-refractivity contribution in [2.24, 2.45) is 5.84 Å². The zero-order valence-electron chi connectivity index (χ0n) is 11.5. The highest BCUT2D eigenvalue weighted by Crippen LogP contribution is 2.25. The second kappa shape index (κ2) is 8.68. The number of hydrogen-bond donors (Lipinski definition) is 2. The second-order valence-corrected chi connectivity index (χ2v) is 5.84. The van der Waals surface area contributed by atoms with E-state index < -0.39 is 0 Å². The van der Waals surface area contributed by atoms with E-state index in [2.05, 4.69) is 53.4 Å². The predicted molar refractivity (Wildman–Crippen MR) is 82.3 cm³/mol. The lowest BCUT2D eigenvalue weighted by molar-refractivity contribution is 0.477. The van der Waals surface area contributed by atoms with Gasteiger partial charge in [0.1, 0.15) is 0 Å². The van der Waals surface area contributed by atoms with E-state index in [1.165, 1.54) is 43.2 Å². The largest absolute Gasteiger partial charge is 0.271 e. The van der Waals surface area contributed by atoms with Gasteiger partial charge in [-0.1, -0.05) is 61.0 Å². The van der Waals surface area contributed by atoms with Crippen LogP contribution in [0.5, 0.6) is 0 Å². The number of halogens is 1. The van der Waals surface area contributed by atoms with E-state index in [1.54, 1.807) is 0 Å². The molecule has 0 heterocycles. The maximum absolute atomic E-state index is 5.69. The third kappa shape index (κ3) is 5.09. The van der Waals surface area contributed by atoms with Gasteiger partial charge in [0.25, 0.3) is 0 Å². The van der Waals surface area contributed by atoms with Crippen LogP contribution in [0.4, 0.5) is 0 Å². The van der Waals surface area contributed by atoms with E-state index in [0.29, 0.717) is 0 Å². The fourth-order valence-corrected chi connectivity index (χ4v) is 2.79. The third-order valence-corrected chi connectivity index (χ3v) is 3.90. The Morgan fingerprint density at radius 2 is 1.94 bits per heavy atom. The minimum Gasteiger partial charge on any atom is -0.271 e. The van der Waals surface area contributed by atoms with E-state index in [4.69, 9.17) is 5.84 Å². The van der Waals surface area contributed by atoms with Gasteiger partial charge in [-0.25, -0.2) is 0 Å². The zero-order valence-corrected chi connectivity index (χ0v) is 13.1. The third-order valence-electron chi connectivity index (χ3n) is 3.40. The van der Waals surface area contributed by atoms with Crippen molar-refractivity contribution in [3.05, 3.63) is 33.8 Å². The van der Waals surface area contributed by atoms with E-state index in [-0.39, 0.29) is 6.04 Å². The first-order valence-electron chi connectivity index (χ1n) is 6.91. The molecule has 1 atom stereocenters. The van der Waals surface area contributed by atoms with E-state index in [9.17, 15) is 0 Å². The molecule has 1 aromatic rings. The van der Waals surface area contributed by atoms with Gasteiger partial charge >= 0.3 is 0 Å². The van der Waals surface area contributed by atoms with E-state index in [0.717, 1.165) is 10.9 Å². The van der Waals surface area contributed by atoms with E-state index >= 15 is 0 Å². The standard InChI is InChI=1S/C15H25BrN2/c1-3-4-5-6-7-8-15(18-17)14-10-9-13(16)11-12(14)2/h9-11,15,18H,3-8,17H2,1-2H3. The molecule has 3 N–H and O–H groups in total. The molecule has 102 valence electrons. The molecular formula is C15H25BrN2. The smallest absolute Gasteiger partial charge is 0.0462 e. The van der Waals surface area contributed by atoms with Crippen molar-refractivity contribution in [1.29, 1.82) is 0 Å². The van der Waals surface area contributed by atoms with Crippen LogP contribution in [0, 0.1) is 6.92 Å². The van der Waals surface area contributed by atoms with Crippen LogP contribution in [0.1, 0.15) is 62.6 Å². The van der Waals surface area contributed by atoms with Gasteiger partial charge in [-0.15, -0.1) is 0 Å². The Bertz CT molecular complexity index is 352. The van der Waals surface area contributed by atoms with Gasteiger partial charge in [0.2, 0.25) is 0 Å².